The first-order chi connectivity index (χ1) is 19.0. The number of hydrogen-bond acceptors (Lipinski definition) is 6. The van der Waals surface area contributed by atoms with E-state index in [9.17, 15) is 24.0 Å². The second kappa shape index (κ2) is 44.6. The van der Waals surface area contributed by atoms with Gasteiger partial charge in [0.15, 0.2) is 0 Å². The van der Waals surface area contributed by atoms with Crippen LogP contribution in [-0.4, -0.2) is 79.4 Å². The summed E-state index contributed by atoms with van der Waals surface area (Å²) in [6.07, 6.45) is 27.8. The minimum atomic E-state index is -0.609. The van der Waals surface area contributed by atoms with Gasteiger partial charge in [0.25, 0.3) is 0 Å². The fraction of sp³-hybridized carbons (Fsp3) is 0.552. The number of nitrogens with two attached hydrogens (primary N) is 1. The molecule has 0 aromatic rings. The Morgan fingerprint density at radius 2 is 1.45 bits per heavy atom. The summed E-state index contributed by atoms with van der Waals surface area (Å²) in [7, 11) is 2.62. The van der Waals surface area contributed by atoms with Crippen molar-refractivity contribution in [2.24, 2.45) is 5.73 Å². The Bertz CT molecular complexity index is 703. The number of primary amides is 1. The Hall–Kier alpha value is -4.43. The second-order valence-electron chi connectivity index (χ2n) is 6.35. The summed E-state index contributed by atoms with van der Waals surface area (Å²) in [6, 6.07) is -1.19. The Labute approximate surface area is 243 Å². The molecule has 0 bridgehead atoms. The third-order valence-corrected chi connectivity index (χ3v) is 3.54. The monoisotopic (exact) mass is 567 g/mol. The maximum absolute atomic E-state index is 12.0. The van der Waals surface area contributed by atoms with Crippen LogP contribution >= 0.6 is 0 Å². The first kappa shape index (κ1) is 52.1. The molecule has 1 aliphatic heterocycles. The average molecular weight is 568 g/mol. The molecule has 0 spiro atoms. The normalized spacial score (nSPS) is 11.0. The lowest BCUT2D eigenvalue weighted by atomic mass is 10.2. The lowest BCUT2D eigenvalue weighted by Gasteiger charge is -2.23. The van der Waals surface area contributed by atoms with E-state index in [0.717, 1.165) is 4.90 Å². The number of hydrogen-bond donors (Lipinski definition) is 3. The molecular formula is C29H53N5O6. The van der Waals surface area contributed by atoms with Crippen LogP contribution in [0.2, 0.25) is 0 Å². The van der Waals surface area contributed by atoms with E-state index in [2.05, 4.69) is 74.3 Å². The van der Waals surface area contributed by atoms with Gasteiger partial charge in [0.05, 0.1) is 13.7 Å². The highest BCUT2D eigenvalue weighted by Gasteiger charge is 2.32. The third-order valence-electron chi connectivity index (χ3n) is 3.54. The van der Waals surface area contributed by atoms with Crippen molar-refractivity contribution in [1.29, 1.82) is 0 Å². The number of carbonyl (C=O) groups is 5. The van der Waals surface area contributed by atoms with Crippen molar-refractivity contribution < 1.29 is 28.7 Å². The van der Waals surface area contributed by atoms with E-state index >= 15 is 0 Å². The number of esters is 1. The standard InChI is InChI=1S/C12H20N4O5.C4H7NO.C3H8.2C2H6.3C2H2/c1-15(7-10(18)21-2)12(20)14-6-9(17)16-5-3-4-8(16)11(13)19;1-3-5-4(2)6;1-3-2;5*1-2/h8H,3-7H2,1-2H3,(H2,13,19)(H,14,20);3H,1H2,2H3,(H,5,6);3H2,1-2H3;2*1-2H3;3*1-2H/t8-;;;;;;;/m0......./s1. The first-order valence-corrected chi connectivity index (χ1v) is 12.6. The highest BCUT2D eigenvalue weighted by atomic mass is 16.5. The number of terminal acetylenes is 3. The Morgan fingerprint density at radius 1 is 1.02 bits per heavy atom. The minimum absolute atomic E-state index is 0.0787. The zero-order valence-electron chi connectivity index (χ0n) is 26.0. The fourth-order valence-corrected chi connectivity index (χ4v) is 2.22. The van der Waals surface area contributed by atoms with Crippen LogP contribution in [0.4, 0.5) is 4.79 Å². The van der Waals surface area contributed by atoms with Crippen molar-refractivity contribution in [2.75, 3.05) is 33.8 Å². The van der Waals surface area contributed by atoms with Gasteiger partial charge in [-0.25, -0.2) is 4.79 Å². The molecule has 1 heterocycles. The molecule has 1 aliphatic rings. The summed E-state index contributed by atoms with van der Waals surface area (Å²) >= 11 is 0. The van der Waals surface area contributed by atoms with Gasteiger partial charge >= 0.3 is 12.0 Å². The van der Waals surface area contributed by atoms with Crippen LogP contribution in [-0.2, 0) is 23.9 Å². The SMILES string of the molecule is C#C.C#C.C#C.C=CNC(C)=O.CC.CC.CCC.COC(=O)CN(C)C(=O)NCC(=O)N1CCC[C@H]1C(N)=O. The third kappa shape index (κ3) is 35.7. The van der Waals surface area contributed by atoms with Crippen LogP contribution in [0.15, 0.2) is 12.8 Å². The van der Waals surface area contributed by atoms with Gasteiger partial charge in [-0.05, 0) is 19.0 Å². The van der Waals surface area contributed by atoms with E-state index in [4.69, 9.17) is 5.73 Å². The lowest BCUT2D eigenvalue weighted by Crippen LogP contribution is -2.49. The number of likely N-dealkylation sites (N-methyl/N-ethyl adjacent to an activating group) is 1. The van der Waals surface area contributed by atoms with Gasteiger partial charge in [-0.3, -0.25) is 19.2 Å². The molecule has 0 aliphatic carbocycles. The molecule has 0 aromatic carbocycles. The molecule has 4 N–H and O–H groups in total. The molecule has 1 fully saturated rings. The van der Waals surface area contributed by atoms with Gasteiger partial charge in [-0.15, -0.1) is 38.5 Å². The van der Waals surface area contributed by atoms with Crippen LogP contribution in [0.1, 0.15) is 67.7 Å². The molecule has 40 heavy (non-hydrogen) atoms. The number of amides is 5. The summed E-state index contributed by atoms with van der Waals surface area (Å²) in [6.45, 7) is 16.9. The van der Waals surface area contributed by atoms with Gasteiger partial charge in [-0.1, -0.05) is 54.5 Å². The Morgan fingerprint density at radius 3 is 1.75 bits per heavy atom. The summed E-state index contributed by atoms with van der Waals surface area (Å²) in [4.78, 5) is 58.2. The number of likely N-dealkylation sites (tertiary alicyclic amines) is 1. The van der Waals surface area contributed by atoms with E-state index in [0.29, 0.717) is 19.4 Å². The van der Waals surface area contributed by atoms with E-state index in [1.54, 1.807) is 0 Å². The van der Waals surface area contributed by atoms with Gasteiger partial charge in [-0.2, -0.15) is 0 Å². The number of carbonyl (C=O) groups excluding carboxylic acids is 5. The van der Waals surface area contributed by atoms with Crippen molar-refractivity contribution in [3.63, 3.8) is 0 Å². The van der Waals surface area contributed by atoms with Gasteiger partial charge in [0, 0.05) is 20.5 Å². The van der Waals surface area contributed by atoms with Crippen molar-refractivity contribution in [3.8, 4) is 38.5 Å². The molecule has 11 heteroatoms. The highest BCUT2D eigenvalue weighted by Crippen LogP contribution is 2.16. The van der Waals surface area contributed by atoms with E-state index in [1.165, 1.54) is 38.6 Å². The number of nitrogens with one attached hydrogen (secondary N) is 2. The van der Waals surface area contributed by atoms with Crippen LogP contribution in [0.3, 0.4) is 0 Å². The number of methoxy groups -OCH3 is 1. The molecule has 0 unspecified atom stereocenters. The van der Waals surface area contributed by atoms with E-state index in [1.807, 2.05) is 27.7 Å². The molecule has 11 nitrogen and oxygen atoms in total. The van der Waals surface area contributed by atoms with Crippen molar-refractivity contribution >= 4 is 29.7 Å². The summed E-state index contributed by atoms with van der Waals surface area (Å²) < 4.78 is 4.43. The van der Waals surface area contributed by atoms with Crippen LogP contribution < -0.4 is 16.4 Å². The van der Waals surface area contributed by atoms with Gasteiger partial charge < -0.3 is 30.9 Å². The molecule has 0 radical (unpaired) electrons. The maximum Gasteiger partial charge on any atom is 0.325 e. The molecule has 1 rings (SSSR count). The van der Waals surface area contributed by atoms with E-state index in [-0.39, 0.29) is 24.9 Å². The zero-order chi connectivity index (χ0) is 33.7. The molecular weight excluding hydrogens is 514 g/mol. The minimum Gasteiger partial charge on any atom is -0.468 e. The van der Waals surface area contributed by atoms with Crippen LogP contribution in [0, 0.1) is 38.5 Å². The van der Waals surface area contributed by atoms with Gasteiger partial charge in [0.1, 0.15) is 12.6 Å². The highest BCUT2D eigenvalue weighted by molar-refractivity contribution is 5.90. The molecule has 0 aromatic heterocycles. The second-order valence-corrected chi connectivity index (χ2v) is 6.35. The summed E-state index contributed by atoms with van der Waals surface area (Å²) in [5, 5.41) is 4.72. The Kier molecular flexibility index (Phi) is 58.0. The quantitative estimate of drug-likeness (QED) is 0.332. The summed E-state index contributed by atoms with van der Waals surface area (Å²) in [5.41, 5.74) is 5.22. The predicted octanol–water partition coefficient (Wildman–Crippen LogP) is 2.76. The van der Waals surface area contributed by atoms with Crippen molar-refractivity contribution in [2.45, 2.75) is 73.8 Å². The topological polar surface area (TPSA) is 151 Å². The number of urea groups is 1. The van der Waals surface area contributed by atoms with Crippen LogP contribution in [0.5, 0.6) is 0 Å². The zero-order valence-corrected chi connectivity index (χ0v) is 26.0. The largest absolute Gasteiger partial charge is 0.468 e. The first-order valence-electron chi connectivity index (χ1n) is 12.6. The molecule has 1 saturated heterocycles. The smallest absolute Gasteiger partial charge is 0.325 e. The lowest BCUT2D eigenvalue weighted by molar-refractivity contribution is -0.141. The predicted molar refractivity (Wildman–Crippen MR) is 164 cm³/mol. The number of nitrogens with zero attached hydrogens (tertiary/aromatic N) is 2. The van der Waals surface area contributed by atoms with Crippen LogP contribution in [0.25, 0.3) is 0 Å². The molecule has 5 amide bonds. The van der Waals surface area contributed by atoms with Crippen molar-refractivity contribution in [3.05, 3.63) is 12.8 Å². The molecule has 230 valence electrons. The van der Waals surface area contributed by atoms with E-state index < -0.39 is 23.9 Å². The van der Waals surface area contributed by atoms with Gasteiger partial charge in [0.2, 0.25) is 17.7 Å². The molecule has 0 saturated carbocycles. The molecule has 1 atom stereocenters. The van der Waals surface area contributed by atoms with Crippen molar-refractivity contribution in [1.82, 2.24) is 20.4 Å². The number of ether oxygens (including phenoxy) is 1. The fourth-order valence-electron chi connectivity index (χ4n) is 2.22. The maximum atomic E-state index is 12.0. The average Bonchev–Trinajstić information content (AvgIpc) is 3.48. The summed E-state index contributed by atoms with van der Waals surface area (Å²) in [5.74, 6) is -1.57. The number of rotatable bonds is 6. The Balaban J connectivity index is -0.0000000949.